The van der Waals surface area contributed by atoms with Crippen LogP contribution in [0.3, 0.4) is 0 Å². The molecule has 5 rings (SSSR count). The van der Waals surface area contributed by atoms with Crippen LogP contribution < -0.4 is 16.5 Å². The molecule has 6 N–H and O–H groups in total. The molecule has 3 fully saturated rings. The molecule has 2 bridgehead atoms. The summed E-state index contributed by atoms with van der Waals surface area (Å²) in [6.07, 6.45) is 8.01. The maximum Gasteiger partial charge on any atom is 0.230 e. The molecular weight excluding hydrogens is 396 g/mol. The minimum absolute atomic E-state index is 0.00317. The van der Waals surface area contributed by atoms with Crippen molar-refractivity contribution in [2.45, 2.75) is 38.1 Å². The van der Waals surface area contributed by atoms with Crippen molar-refractivity contribution < 1.29 is 18.8 Å². The Hall–Kier alpha value is -3.21. The normalized spacial score (nSPS) is 21.9. The van der Waals surface area contributed by atoms with Gasteiger partial charge in [-0.15, -0.1) is 0 Å². The minimum atomic E-state index is -0.613. The van der Waals surface area contributed by atoms with Crippen molar-refractivity contribution in [3.05, 3.63) is 41.5 Å². The number of hydrogen-bond acceptors (Lipinski definition) is 8. The fraction of sp³-hybridized carbons (Fsp3) is 0.421. The first kappa shape index (κ1) is 21.5. The van der Waals surface area contributed by atoms with Crippen molar-refractivity contribution in [2.75, 3.05) is 11.1 Å². The van der Waals surface area contributed by atoms with Crippen LogP contribution in [-0.4, -0.2) is 38.3 Å². The first-order valence-electron chi connectivity index (χ1n) is 9.55. The number of carbonyl (C=O) groups excluding carboxylic acids is 1. The van der Waals surface area contributed by atoms with E-state index in [0.29, 0.717) is 11.8 Å². The van der Waals surface area contributed by atoms with Crippen LogP contribution >= 0.6 is 0 Å². The molecule has 2 aromatic rings. The fourth-order valence-electron chi connectivity index (χ4n) is 4.09. The number of nitrogens with one attached hydrogen (secondary N) is 3. The summed E-state index contributed by atoms with van der Waals surface area (Å²) in [5.74, 6) is 0.113. The molecular formula is C19H23F2N7O2. The third-order valence-electron chi connectivity index (χ3n) is 5.54. The Balaban J connectivity index is 0.000000589. The zero-order chi connectivity index (χ0) is 21.7. The van der Waals surface area contributed by atoms with Crippen LogP contribution in [0.4, 0.5) is 20.4 Å². The Morgan fingerprint density at radius 1 is 1.23 bits per heavy atom. The van der Waals surface area contributed by atoms with Gasteiger partial charge in [-0.1, -0.05) is 12.8 Å². The number of nitrogens with zero attached hydrogens (tertiary/aromatic N) is 3. The van der Waals surface area contributed by atoms with E-state index in [9.17, 15) is 8.78 Å². The number of pyridine rings is 1. The summed E-state index contributed by atoms with van der Waals surface area (Å²) in [4.78, 5) is 20.6. The molecule has 30 heavy (non-hydrogen) atoms. The number of rotatable bonds is 5. The summed E-state index contributed by atoms with van der Waals surface area (Å²) in [7, 11) is 0. The van der Waals surface area contributed by atoms with E-state index in [0.717, 1.165) is 37.7 Å². The Morgan fingerprint density at radius 2 is 1.93 bits per heavy atom. The second-order valence-electron chi connectivity index (χ2n) is 7.37. The molecule has 3 aliphatic carbocycles. The number of halogens is 2. The zero-order valence-electron chi connectivity index (χ0n) is 16.1. The molecule has 0 saturated heterocycles. The fourth-order valence-corrected chi connectivity index (χ4v) is 4.09. The molecule has 0 spiro atoms. The van der Waals surface area contributed by atoms with Gasteiger partial charge in [0.15, 0.2) is 17.5 Å². The van der Waals surface area contributed by atoms with Crippen molar-refractivity contribution >= 4 is 23.8 Å². The number of anilines is 2. The molecule has 2 heterocycles. The lowest BCUT2D eigenvalue weighted by Gasteiger charge is -2.42. The predicted molar refractivity (Wildman–Crippen MR) is 105 cm³/mol. The minimum Gasteiger partial charge on any atom is -0.383 e. The van der Waals surface area contributed by atoms with Gasteiger partial charge in [-0.25, -0.2) is 29.2 Å². The summed E-state index contributed by atoms with van der Waals surface area (Å²) in [5, 5.41) is 18.7. The van der Waals surface area contributed by atoms with E-state index in [1.807, 2.05) is 0 Å². The van der Waals surface area contributed by atoms with Crippen LogP contribution in [0.5, 0.6) is 0 Å². The molecule has 0 aliphatic heterocycles. The maximum absolute atomic E-state index is 14.2. The van der Waals surface area contributed by atoms with Crippen molar-refractivity contribution in [3.8, 4) is 0 Å². The summed E-state index contributed by atoms with van der Waals surface area (Å²) in [6.45, 7) is 0. The van der Waals surface area contributed by atoms with Crippen LogP contribution in [-0.2, 0) is 4.79 Å². The van der Waals surface area contributed by atoms with Gasteiger partial charge >= 0.3 is 0 Å². The Bertz CT molecular complexity index is 920. The second-order valence-corrected chi connectivity index (χ2v) is 7.37. The number of hydroxylamine groups is 1. The smallest absolute Gasteiger partial charge is 0.230 e. The van der Waals surface area contributed by atoms with Gasteiger partial charge in [0.25, 0.3) is 0 Å². The molecule has 160 valence electrons. The van der Waals surface area contributed by atoms with Crippen molar-refractivity contribution in [1.29, 1.82) is 5.41 Å². The van der Waals surface area contributed by atoms with Crippen LogP contribution in [0.25, 0.3) is 0 Å². The average molecular weight is 419 g/mol. The molecule has 1 unspecified atom stereocenters. The molecule has 0 aromatic carbocycles. The highest BCUT2D eigenvalue weighted by atomic mass is 19.1. The van der Waals surface area contributed by atoms with Crippen LogP contribution in [0.15, 0.2) is 18.5 Å². The van der Waals surface area contributed by atoms with Crippen molar-refractivity contribution in [3.63, 3.8) is 0 Å². The topological polar surface area (TPSA) is 150 Å². The summed E-state index contributed by atoms with van der Waals surface area (Å²) in [6, 6.07) is 1.29. The number of carbonyl (C=O) groups is 1. The van der Waals surface area contributed by atoms with Gasteiger partial charge in [-0.2, -0.15) is 0 Å². The molecule has 1 amide bonds. The van der Waals surface area contributed by atoms with E-state index in [1.54, 1.807) is 0 Å². The number of hydrogen-bond donors (Lipinski definition) is 5. The quantitative estimate of drug-likeness (QED) is 0.216. The van der Waals surface area contributed by atoms with Crippen LogP contribution in [0, 0.1) is 28.9 Å². The Morgan fingerprint density at radius 3 is 2.53 bits per heavy atom. The highest BCUT2D eigenvalue weighted by molar-refractivity contribution is 6.11. The van der Waals surface area contributed by atoms with Gasteiger partial charge in [-0.05, 0) is 37.2 Å². The lowest BCUT2D eigenvalue weighted by molar-refractivity contribution is -0.116. The van der Waals surface area contributed by atoms with Gasteiger partial charge in [-0.3, -0.25) is 15.4 Å². The van der Waals surface area contributed by atoms with Gasteiger partial charge in [0.1, 0.15) is 17.3 Å². The standard InChI is InChI=1S/C18H20F2N6.CH3NO2/c19-11-6-12(16(22)23-7-11)15(21)18-24-8-13(20)17(26-18)25-14-5-9-1-3-10(14)4-2-9;3-1-2-4/h6-10,14,21H,1-5H2,(H2,22,23)(H,24,25,26);1,4H,(H,2,3). The molecule has 0 radical (unpaired) electrons. The van der Waals surface area contributed by atoms with E-state index in [-0.39, 0.29) is 41.2 Å². The third kappa shape index (κ3) is 4.85. The summed E-state index contributed by atoms with van der Waals surface area (Å²) >= 11 is 0. The summed E-state index contributed by atoms with van der Waals surface area (Å²) < 4.78 is 27.7. The Kier molecular flexibility index (Phi) is 6.83. The average Bonchev–Trinajstić information content (AvgIpc) is 2.77. The molecule has 9 nitrogen and oxygen atoms in total. The zero-order valence-corrected chi connectivity index (χ0v) is 16.1. The van der Waals surface area contributed by atoms with Crippen LogP contribution in [0.2, 0.25) is 0 Å². The number of fused-ring (bicyclic) bond motifs is 3. The number of nitrogen functional groups attached to an aromatic ring is 1. The molecule has 2 aromatic heterocycles. The van der Waals surface area contributed by atoms with E-state index >= 15 is 0 Å². The molecule has 1 atom stereocenters. The van der Waals surface area contributed by atoms with Crippen molar-refractivity contribution in [2.24, 2.45) is 11.8 Å². The van der Waals surface area contributed by atoms with Gasteiger partial charge in [0, 0.05) is 11.6 Å². The number of amides is 1. The van der Waals surface area contributed by atoms with E-state index < -0.39 is 11.6 Å². The van der Waals surface area contributed by atoms with E-state index in [4.69, 9.17) is 21.1 Å². The molecule has 11 heteroatoms. The highest BCUT2D eigenvalue weighted by Crippen LogP contribution is 2.42. The molecule has 3 saturated carbocycles. The monoisotopic (exact) mass is 419 g/mol. The van der Waals surface area contributed by atoms with Gasteiger partial charge < -0.3 is 11.1 Å². The first-order chi connectivity index (χ1) is 14.4. The maximum atomic E-state index is 14.2. The third-order valence-corrected chi connectivity index (χ3v) is 5.54. The lowest BCUT2D eigenvalue weighted by atomic mass is 9.68. The van der Waals surface area contributed by atoms with Crippen LogP contribution in [0.1, 0.15) is 43.5 Å². The molecule has 3 aliphatic rings. The summed E-state index contributed by atoms with van der Waals surface area (Å²) in [5.41, 5.74) is 6.86. The van der Waals surface area contributed by atoms with Gasteiger partial charge in [0.2, 0.25) is 6.41 Å². The Labute approximate surface area is 171 Å². The van der Waals surface area contributed by atoms with Gasteiger partial charge in [0.05, 0.1) is 12.4 Å². The SMILES string of the molecule is N=C(c1ncc(F)c(NC2CC3CCC2CC3)n1)c1cc(F)cnc1N.O=CNO. The predicted octanol–water partition coefficient (Wildman–Crippen LogP) is 2.26. The van der Waals surface area contributed by atoms with E-state index in [2.05, 4.69) is 20.3 Å². The lowest BCUT2D eigenvalue weighted by Crippen LogP contribution is -2.40. The second kappa shape index (κ2) is 9.53. The first-order valence-corrected chi connectivity index (χ1v) is 9.55. The highest BCUT2D eigenvalue weighted by Gasteiger charge is 2.36. The van der Waals surface area contributed by atoms with E-state index in [1.165, 1.54) is 18.3 Å². The number of nitrogens with two attached hydrogens (primary N) is 1. The van der Waals surface area contributed by atoms with Crippen molar-refractivity contribution in [1.82, 2.24) is 20.4 Å². The number of aromatic nitrogens is 3. The largest absolute Gasteiger partial charge is 0.383 e.